The fraction of sp³-hybridized carbons (Fsp3) is 0.565. The smallest absolute Gasteiger partial charge is 0.338 e. The largest absolute Gasteiger partial charge is 0.466 e. The van der Waals surface area contributed by atoms with Crippen LogP contribution in [0.3, 0.4) is 0 Å². The molecule has 0 aromatic heterocycles. The zero-order chi connectivity index (χ0) is 23.5. The Kier molecular flexibility index (Phi) is 9.97. The maximum atomic E-state index is 13.0. The van der Waals surface area contributed by atoms with Gasteiger partial charge in [-0.2, -0.15) is 0 Å². The molecule has 9 nitrogen and oxygen atoms in total. The average Bonchev–Trinajstić information content (AvgIpc) is 2.79. The number of piperidine rings is 1. The van der Waals surface area contributed by atoms with Gasteiger partial charge in [-0.3, -0.25) is 9.59 Å². The Morgan fingerprint density at radius 3 is 2.19 bits per heavy atom. The Labute approximate surface area is 188 Å². The second-order valence-corrected chi connectivity index (χ2v) is 7.59. The van der Waals surface area contributed by atoms with Crippen LogP contribution in [0.4, 0.5) is 10.5 Å². The van der Waals surface area contributed by atoms with E-state index in [1.54, 1.807) is 43.0 Å². The minimum absolute atomic E-state index is 0.151. The number of carbonyl (C=O) groups excluding carboxylic acids is 4. The van der Waals surface area contributed by atoms with Gasteiger partial charge in [-0.25, -0.2) is 9.59 Å². The van der Waals surface area contributed by atoms with Crippen LogP contribution in [0.2, 0.25) is 0 Å². The second-order valence-electron chi connectivity index (χ2n) is 7.59. The Balaban J connectivity index is 1.90. The maximum Gasteiger partial charge on any atom is 0.338 e. The lowest BCUT2D eigenvalue weighted by atomic mass is 9.96. The highest BCUT2D eigenvalue weighted by atomic mass is 16.5. The van der Waals surface area contributed by atoms with E-state index >= 15 is 0 Å². The van der Waals surface area contributed by atoms with Crippen LogP contribution in [-0.2, 0) is 19.1 Å². The molecule has 1 aromatic carbocycles. The summed E-state index contributed by atoms with van der Waals surface area (Å²) in [5.41, 5.74) is 0.886. The normalized spacial score (nSPS) is 14.9. The maximum absolute atomic E-state index is 13.0. The van der Waals surface area contributed by atoms with Crippen LogP contribution in [0, 0.1) is 5.92 Å². The van der Waals surface area contributed by atoms with E-state index < -0.39 is 18.0 Å². The fourth-order valence-electron chi connectivity index (χ4n) is 3.59. The molecule has 1 unspecified atom stereocenters. The standard InChI is InChI=1S/C23H33N3O6/c1-4-7-19(20(27)26-14-12-17(13-15-26)22(29)32-6-3)25-23(30)24-18-10-8-16(9-11-18)21(28)31-5-2/h8-11,17,19H,4-7,12-15H2,1-3H3,(H2,24,25,30). The van der Waals surface area contributed by atoms with E-state index in [4.69, 9.17) is 9.47 Å². The number of anilines is 1. The van der Waals surface area contributed by atoms with Gasteiger partial charge < -0.3 is 25.0 Å². The molecule has 3 amide bonds. The molecule has 1 atom stereocenters. The van der Waals surface area contributed by atoms with Crippen LogP contribution in [0.15, 0.2) is 24.3 Å². The summed E-state index contributed by atoms with van der Waals surface area (Å²) < 4.78 is 10.0. The van der Waals surface area contributed by atoms with E-state index in [0.717, 1.165) is 6.42 Å². The number of esters is 2. The molecule has 1 aromatic rings. The predicted octanol–water partition coefficient (Wildman–Crippen LogP) is 2.96. The number of carbonyl (C=O) groups is 4. The molecule has 1 fully saturated rings. The van der Waals surface area contributed by atoms with E-state index in [9.17, 15) is 19.2 Å². The number of nitrogens with one attached hydrogen (secondary N) is 2. The van der Waals surface area contributed by atoms with E-state index in [-0.39, 0.29) is 24.4 Å². The summed E-state index contributed by atoms with van der Waals surface area (Å²) in [6.45, 7) is 7.01. The Morgan fingerprint density at radius 2 is 1.62 bits per heavy atom. The van der Waals surface area contributed by atoms with Gasteiger partial charge in [0, 0.05) is 18.8 Å². The van der Waals surface area contributed by atoms with Crippen molar-refractivity contribution >= 4 is 29.6 Å². The minimum Gasteiger partial charge on any atom is -0.466 e. The van der Waals surface area contributed by atoms with Gasteiger partial charge in [-0.15, -0.1) is 0 Å². The second kappa shape index (κ2) is 12.7. The molecule has 0 aliphatic carbocycles. The van der Waals surface area contributed by atoms with E-state index in [2.05, 4.69) is 10.6 Å². The molecule has 2 N–H and O–H groups in total. The zero-order valence-corrected chi connectivity index (χ0v) is 19.0. The molecular formula is C23H33N3O6. The lowest BCUT2D eigenvalue weighted by molar-refractivity contribution is -0.151. The molecule has 1 heterocycles. The number of amides is 3. The van der Waals surface area contributed by atoms with Gasteiger partial charge in [0.05, 0.1) is 24.7 Å². The first kappa shape index (κ1) is 25.2. The molecule has 0 bridgehead atoms. The van der Waals surface area contributed by atoms with Crippen molar-refractivity contribution in [3.8, 4) is 0 Å². The van der Waals surface area contributed by atoms with Gasteiger partial charge in [0.2, 0.25) is 5.91 Å². The third-order valence-electron chi connectivity index (χ3n) is 5.26. The van der Waals surface area contributed by atoms with Crippen molar-refractivity contribution < 1.29 is 28.7 Å². The number of hydrogen-bond acceptors (Lipinski definition) is 6. The SMILES string of the molecule is CCCC(NC(=O)Nc1ccc(C(=O)OCC)cc1)C(=O)N1CCC(C(=O)OCC)CC1. The number of urea groups is 1. The summed E-state index contributed by atoms with van der Waals surface area (Å²) in [4.78, 5) is 50.8. The molecule has 0 radical (unpaired) electrons. The Hall–Kier alpha value is -3.10. The fourth-order valence-corrected chi connectivity index (χ4v) is 3.59. The van der Waals surface area contributed by atoms with Gasteiger partial charge in [-0.1, -0.05) is 13.3 Å². The van der Waals surface area contributed by atoms with Gasteiger partial charge in [0.25, 0.3) is 0 Å². The number of nitrogens with zero attached hydrogens (tertiary/aromatic N) is 1. The Morgan fingerprint density at radius 1 is 1.00 bits per heavy atom. The summed E-state index contributed by atoms with van der Waals surface area (Å²) in [7, 11) is 0. The van der Waals surface area contributed by atoms with E-state index in [1.807, 2.05) is 6.92 Å². The molecule has 0 saturated carbocycles. The number of hydrogen-bond donors (Lipinski definition) is 2. The molecule has 9 heteroatoms. The molecule has 1 aliphatic rings. The van der Waals surface area contributed by atoms with E-state index in [0.29, 0.717) is 50.2 Å². The topological polar surface area (TPSA) is 114 Å². The summed E-state index contributed by atoms with van der Waals surface area (Å²) in [6, 6.07) is 5.18. The van der Waals surface area contributed by atoms with Gasteiger partial charge in [-0.05, 0) is 57.4 Å². The first-order valence-corrected chi connectivity index (χ1v) is 11.2. The monoisotopic (exact) mass is 447 g/mol. The molecule has 32 heavy (non-hydrogen) atoms. The first-order valence-electron chi connectivity index (χ1n) is 11.2. The zero-order valence-electron chi connectivity index (χ0n) is 19.0. The molecular weight excluding hydrogens is 414 g/mol. The highest BCUT2D eigenvalue weighted by Gasteiger charge is 2.31. The minimum atomic E-state index is -0.655. The predicted molar refractivity (Wildman–Crippen MR) is 119 cm³/mol. The highest BCUT2D eigenvalue weighted by Crippen LogP contribution is 2.20. The summed E-state index contributed by atoms with van der Waals surface area (Å²) in [6.07, 6.45) is 2.35. The quantitative estimate of drug-likeness (QED) is 0.563. The third-order valence-corrected chi connectivity index (χ3v) is 5.26. The Bertz CT molecular complexity index is 787. The summed E-state index contributed by atoms with van der Waals surface area (Å²) >= 11 is 0. The van der Waals surface area contributed by atoms with Crippen molar-refractivity contribution in [2.24, 2.45) is 5.92 Å². The van der Waals surface area contributed by atoms with Crippen LogP contribution >= 0.6 is 0 Å². The van der Waals surface area contributed by atoms with Crippen molar-refractivity contribution in [2.75, 3.05) is 31.6 Å². The average molecular weight is 448 g/mol. The molecule has 2 rings (SSSR count). The van der Waals surface area contributed by atoms with Crippen molar-refractivity contribution in [1.29, 1.82) is 0 Å². The number of likely N-dealkylation sites (tertiary alicyclic amines) is 1. The highest BCUT2D eigenvalue weighted by molar-refractivity contribution is 5.95. The number of benzene rings is 1. The molecule has 1 aliphatic heterocycles. The molecule has 0 spiro atoms. The van der Waals surface area contributed by atoms with Crippen molar-refractivity contribution in [3.05, 3.63) is 29.8 Å². The molecule has 1 saturated heterocycles. The molecule has 176 valence electrons. The van der Waals surface area contributed by atoms with Crippen LogP contribution in [0.1, 0.15) is 56.8 Å². The lowest BCUT2D eigenvalue weighted by Crippen LogP contribution is -2.52. The number of rotatable bonds is 9. The third kappa shape index (κ3) is 7.25. The van der Waals surface area contributed by atoms with Crippen LogP contribution in [0.5, 0.6) is 0 Å². The van der Waals surface area contributed by atoms with Gasteiger partial charge in [0.1, 0.15) is 6.04 Å². The first-order chi connectivity index (χ1) is 15.4. The van der Waals surface area contributed by atoms with Crippen molar-refractivity contribution in [2.45, 2.75) is 52.5 Å². The van der Waals surface area contributed by atoms with Crippen molar-refractivity contribution in [3.63, 3.8) is 0 Å². The van der Waals surface area contributed by atoms with Gasteiger partial charge in [0.15, 0.2) is 0 Å². The van der Waals surface area contributed by atoms with Crippen LogP contribution < -0.4 is 10.6 Å². The van der Waals surface area contributed by atoms with E-state index in [1.165, 1.54) is 0 Å². The van der Waals surface area contributed by atoms with Crippen LogP contribution in [0.25, 0.3) is 0 Å². The lowest BCUT2D eigenvalue weighted by Gasteiger charge is -2.33. The number of ether oxygens (including phenoxy) is 2. The van der Waals surface area contributed by atoms with Crippen molar-refractivity contribution in [1.82, 2.24) is 10.2 Å². The van der Waals surface area contributed by atoms with Gasteiger partial charge >= 0.3 is 18.0 Å². The summed E-state index contributed by atoms with van der Waals surface area (Å²) in [5, 5.41) is 5.44. The van der Waals surface area contributed by atoms with Crippen LogP contribution in [-0.4, -0.2) is 61.1 Å². The summed E-state index contributed by atoms with van der Waals surface area (Å²) in [5.74, 6) is -0.973.